The summed E-state index contributed by atoms with van der Waals surface area (Å²) in [5, 5.41) is 3.03. The number of pyridine rings is 1. The molecule has 1 aromatic rings. The van der Waals surface area contributed by atoms with Crippen LogP contribution in [0.15, 0.2) is 12.3 Å². The Morgan fingerprint density at radius 2 is 2.50 bits per heavy atom. The van der Waals surface area contributed by atoms with Gasteiger partial charge in [0.05, 0.1) is 12.3 Å². The van der Waals surface area contributed by atoms with Crippen molar-refractivity contribution in [1.29, 1.82) is 0 Å². The van der Waals surface area contributed by atoms with Crippen LogP contribution in [0.4, 0.5) is 5.69 Å². The summed E-state index contributed by atoms with van der Waals surface area (Å²) in [6, 6.07) is 1.97. The van der Waals surface area contributed by atoms with Gasteiger partial charge < -0.3 is 10.1 Å². The molecule has 1 heterocycles. The number of hydrogen-bond acceptors (Lipinski definition) is 3. The van der Waals surface area contributed by atoms with Crippen LogP contribution >= 0.6 is 0 Å². The number of nitrogens with zero attached hydrogens (tertiary/aromatic N) is 1. The number of rotatable bonds is 4. The first-order valence-corrected chi connectivity index (χ1v) is 3.90. The van der Waals surface area contributed by atoms with E-state index in [1.165, 1.54) is 5.56 Å². The fourth-order valence-electron chi connectivity index (χ4n) is 1.02. The highest BCUT2D eigenvalue weighted by Gasteiger charge is 1.99. The molecule has 1 N–H and O–H groups in total. The van der Waals surface area contributed by atoms with Gasteiger partial charge in [0.15, 0.2) is 0 Å². The molecule has 0 spiro atoms. The highest BCUT2D eigenvalue weighted by molar-refractivity contribution is 5.47. The van der Waals surface area contributed by atoms with E-state index in [4.69, 9.17) is 4.74 Å². The Balaban J connectivity index is 2.68. The summed E-state index contributed by atoms with van der Waals surface area (Å²) < 4.78 is 4.98. The van der Waals surface area contributed by atoms with Gasteiger partial charge in [-0.3, -0.25) is 4.98 Å². The summed E-state index contributed by atoms with van der Waals surface area (Å²) in [4.78, 5) is 3.90. The van der Waals surface area contributed by atoms with E-state index in [-0.39, 0.29) is 0 Å². The molecule has 1 radical (unpaired) electrons. The summed E-state index contributed by atoms with van der Waals surface area (Å²) in [5.41, 5.74) is 2.14. The zero-order valence-corrected chi connectivity index (χ0v) is 7.42. The van der Waals surface area contributed by atoms with Crippen molar-refractivity contribution in [3.05, 3.63) is 24.0 Å². The molecule has 0 amide bonds. The van der Waals surface area contributed by atoms with E-state index in [2.05, 4.69) is 16.5 Å². The number of hydrogen-bond donors (Lipinski definition) is 1. The highest BCUT2D eigenvalue weighted by atomic mass is 16.5. The van der Waals surface area contributed by atoms with Gasteiger partial charge in [-0.1, -0.05) is 0 Å². The molecule has 0 aromatic carbocycles. The maximum Gasteiger partial charge on any atom is 0.114 e. The molecule has 0 bridgehead atoms. The largest absolute Gasteiger partial charge is 0.386 e. The van der Waals surface area contributed by atoms with Gasteiger partial charge in [0.25, 0.3) is 0 Å². The van der Waals surface area contributed by atoms with Crippen LogP contribution < -0.4 is 5.32 Å². The van der Waals surface area contributed by atoms with Crippen molar-refractivity contribution < 1.29 is 4.74 Å². The predicted molar refractivity (Wildman–Crippen MR) is 48.2 cm³/mol. The molecular weight excluding hydrogens is 152 g/mol. The first-order chi connectivity index (χ1) is 5.88. The lowest BCUT2D eigenvalue weighted by molar-refractivity contribution is 0.202. The number of ether oxygens (including phenoxy) is 1. The van der Waals surface area contributed by atoms with E-state index in [1.54, 1.807) is 13.3 Å². The maximum atomic E-state index is 4.98. The predicted octanol–water partition coefficient (Wildman–Crippen LogP) is 1.11. The third-order valence-electron chi connectivity index (χ3n) is 1.67. The van der Waals surface area contributed by atoms with E-state index < -0.39 is 0 Å². The van der Waals surface area contributed by atoms with Crippen LogP contribution in [0, 0.1) is 6.20 Å². The maximum absolute atomic E-state index is 4.98. The lowest BCUT2D eigenvalue weighted by Crippen LogP contribution is -2.00. The van der Waals surface area contributed by atoms with Gasteiger partial charge in [-0.25, -0.2) is 0 Å². The van der Waals surface area contributed by atoms with Crippen molar-refractivity contribution in [3.8, 4) is 0 Å². The highest BCUT2D eigenvalue weighted by Crippen LogP contribution is 2.11. The summed E-state index contributed by atoms with van der Waals surface area (Å²) in [6.07, 6.45) is 5.52. The molecule has 0 saturated carbocycles. The number of nitrogens with one attached hydrogen (secondary N) is 1. The smallest absolute Gasteiger partial charge is 0.114 e. The molecule has 1 aromatic heterocycles. The number of anilines is 1. The van der Waals surface area contributed by atoms with Gasteiger partial charge in [0.2, 0.25) is 0 Å². The average molecular weight is 165 g/mol. The van der Waals surface area contributed by atoms with Crippen LogP contribution in [-0.4, -0.2) is 25.7 Å². The van der Waals surface area contributed by atoms with Crippen molar-refractivity contribution in [2.75, 3.05) is 26.1 Å². The minimum atomic E-state index is 0.729. The molecule has 0 aliphatic heterocycles. The SMILES string of the molecule is CNc1[c]nccc1CCOC. The van der Waals surface area contributed by atoms with Crippen LogP contribution in [-0.2, 0) is 11.2 Å². The van der Waals surface area contributed by atoms with Crippen molar-refractivity contribution in [2.24, 2.45) is 0 Å². The molecule has 0 aliphatic carbocycles. The van der Waals surface area contributed by atoms with Crippen molar-refractivity contribution in [3.63, 3.8) is 0 Å². The quantitative estimate of drug-likeness (QED) is 0.725. The summed E-state index contributed by atoms with van der Waals surface area (Å²) in [5.74, 6) is 0. The summed E-state index contributed by atoms with van der Waals surface area (Å²) in [7, 11) is 3.56. The van der Waals surface area contributed by atoms with E-state index in [1.807, 2.05) is 13.1 Å². The van der Waals surface area contributed by atoms with Crippen molar-refractivity contribution in [1.82, 2.24) is 4.98 Å². The molecular formula is C9H13N2O. The second-order valence-corrected chi connectivity index (χ2v) is 2.45. The van der Waals surface area contributed by atoms with Gasteiger partial charge in [-0.2, -0.15) is 0 Å². The second-order valence-electron chi connectivity index (χ2n) is 2.45. The first kappa shape index (κ1) is 9.00. The van der Waals surface area contributed by atoms with Crippen molar-refractivity contribution in [2.45, 2.75) is 6.42 Å². The molecule has 3 nitrogen and oxygen atoms in total. The molecule has 0 fully saturated rings. The van der Waals surface area contributed by atoms with Gasteiger partial charge in [0, 0.05) is 20.4 Å². The summed E-state index contributed by atoms with van der Waals surface area (Å²) >= 11 is 0. The lowest BCUT2D eigenvalue weighted by Gasteiger charge is -2.05. The van der Waals surface area contributed by atoms with E-state index in [0.29, 0.717) is 0 Å². The third kappa shape index (κ3) is 2.20. The summed E-state index contributed by atoms with van der Waals surface area (Å²) in [6.45, 7) is 0.729. The van der Waals surface area contributed by atoms with Crippen LogP contribution in [0.3, 0.4) is 0 Å². The average Bonchev–Trinajstić information content (AvgIpc) is 2.15. The monoisotopic (exact) mass is 165 g/mol. The second kappa shape index (κ2) is 4.72. The molecule has 1 rings (SSSR count). The normalized spacial score (nSPS) is 9.83. The zero-order chi connectivity index (χ0) is 8.81. The van der Waals surface area contributed by atoms with Gasteiger partial charge >= 0.3 is 0 Å². The van der Waals surface area contributed by atoms with E-state index in [0.717, 1.165) is 18.7 Å². The lowest BCUT2D eigenvalue weighted by atomic mass is 10.2. The topological polar surface area (TPSA) is 34.2 Å². The Morgan fingerprint density at radius 1 is 1.67 bits per heavy atom. The Kier molecular flexibility index (Phi) is 3.54. The molecule has 0 unspecified atom stereocenters. The van der Waals surface area contributed by atoms with Crippen LogP contribution in [0.1, 0.15) is 5.56 Å². The standard InChI is InChI=1S/C9H13N2O/c1-10-9-7-11-5-3-8(9)4-6-12-2/h3,5,10H,4,6H2,1-2H3. The zero-order valence-electron chi connectivity index (χ0n) is 7.42. The number of aromatic nitrogens is 1. The minimum Gasteiger partial charge on any atom is -0.386 e. The number of methoxy groups -OCH3 is 1. The van der Waals surface area contributed by atoms with Crippen LogP contribution in [0.5, 0.6) is 0 Å². The Bertz CT molecular complexity index is 238. The van der Waals surface area contributed by atoms with E-state index >= 15 is 0 Å². The fourth-order valence-corrected chi connectivity index (χ4v) is 1.02. The van der Waals surface area contributed by atoms with Crippen LogP contribution in [0.25, 0.3) is 0 Å². The van der Waals surface area contributed by atoms with Gasteiger partial charge in [-0.05, 0) is 18.1 Å². The molecule has 0 saturated heterocycles. The van der Waals surface area contributed by atoms with Crippen LogP contribution in [0.2, 0.25) is 0 Å². The molecule has 12 heavy (non-hydrogen) atoms. The Morgan fingerprint density at radius 3 is 3.17 bits per heavy atom. The van der Waals surface area contributed by atoms with Gasteiger partial charge in [-0.15, -0.1) is 0 Å². The van der Waals surface area contributed by atoms with E-state index in [9.17, 15) is 0 Å². The Hall–Kier alpha value is -1.09. The third-order valence-corrected chi connectivity index (χ3v) is 1.67. The molecule has 0 atom stereocenters. The Labute approximate surface area is 72.8 Å². The first-order valence-electron chi connectivity index (χ1n) is 3.90. The molecule has 0 aliphatic rings. The van der Waals surface area contributed by atoms with Gasteiger partial charge in [0.1, 0.15) is 6.20 Å². The fraction of sp³-hybridized carbons (Fsp3) is 0.444. The molecule has 65 valence electrons. The minimum absolute atomic E-state index is 0.729. The van der Waals surface area contributed by atoms with Crippen molar-refractivity contribution >= 4 is 5.69 Å². The molecule has 3 heteroatoms.